The molecule has 208 valence electrons. The Hall–Kier alpha value is -3.89. The fourth-order valence-electron chi connectivity index (χ4n) is 4.55. The zero-order valence-corrected chi connectivity index (χ0v) is 23.3. The number of aliphatic hydroxyl groups is 1. The molecular formula is C31H33N3O5S. The maximum atomic E-state index is 12.6. The average molecular weight is 560 g/mol. The molecule has 0 spiro atoms. The molecule has 0 bridgehead atoms. The smallest absolute Gasteiger partial charge is 0.246 e. The molecule has 1 unspecified atom stereocenters. The van der Waals surface area contributed by atoms with Crippen LogP contribution in [0.3, 0.4) is 0 Å². The lowest BCUT2D eigenvalue weighted by molar-refractivity contribution is 0.171. The summed E-state index contributed by atoms with van der Waals surface area (Å²) >= 11 is 0. The Morgan fingerprint density at radius 3 is 2.50 bits per heavy atom. The lowest BCUT2D eigenvalue weighted by Gasteiger charge is -2.16. The Kier molecular flexibility index (Phi) is 8.37. The van der Waals surface area contributed by atoms with E-state index in [9.17, 15) is 13.5 Å². The Morgan fingerprint density at radius 1 is 0.875 bits per heavy atom. The van der Waals surface area contributed by atoms with Gasteiger partial charge in [-0.2, -0.15) is 0 Å². The molecular weight excluding hydrogens is 526 g/mol. The van der Waals surface area contributed by atoms with E-state index < -0.39 is 16.1 Å². The Bertz CT molecular complexity index is 1720. The van der Waals surface area contributed by atoms with Gasteiger partial charge in [-0.05, 0) is 47.5 Å². The molecule has 5 rings (SSSR count). The molecule has 1 aromatic heterocycles. The van der Waals surface area contributed by atoms with Crippen molar-refractivity contribution in [3.63, 3.8) is 0 Å². The van der Waals surface area contributed by atoms with E-state index in [1.54, 1.807) is 18.2 Å². The van der Waals surface area contributed by atoms with E-state index >= 15 is 0 Å². The number of fused-ring (bicyclic) bond motifs is 3. The minimum atomic E-state index is -3.63. The van der Waals surface area contributed by atoms with E-state index in [1.807, 2.05) is 48.5 Å². The normalized spacial score (nSPS) is 12.7. The number of aliphatic hydroxyl groups excluding tert-OH is 1. The molecule has 3 N–H and O–H groups in total. The standard InChI is InChI=1S/C31H33N3O5S/c1-34(2)40(36,37)31-13-6-5-12-30(31)39-21-22-8-7-9-23(18-22)29(35)20-32-16-17-38-24-14-15-26-25-10-3-4-11-27(25)33-28(26)19-24/h3-15,18-19,29,32-33,35H,16-17,20-21H2,1-2H3. The zero-order chi connectivity index (χ0) is 28.1. The highest BCUT2D eigenvalue weighted by atomic mass is 32.2. The van der Waals surface area contributed by atoms with Gasteiger partial charge in [0.25, 0.3) is 0 Å². The van der Waals surface area contributed by atoms with E-state index in [2.05, 4.69) is 28.5 Å². The predicted octanol–water partition coefficient (Wildman–Crippen LogP) is 4.85. The number of benzene rings is 4. The summed E-state index contributed by atoms with van der Waals surface area (Å²) in [6.07, 6.45) is -0.718. The molecule has 0 radical (unpaired) electrons. The SMILES string of the molecule is CN(C)S(=O)(=O)c1ccccc1OCc1cccc(C(O)CNCCOc2ccc3c(c2)[nH]c2ccccc23)c1. The van der Waals surface area contributed by atoms with Gasteiger partial charge in [0.05, 0.1) is 11.6 Å². The number of para-hydroxylation sites is 2. The van der Waals surface area contributed by atoms with Crippen LogP contribution >= 0.6 is 0 Å². The predicted molar refractivity (Wildman–Crippen MR) is 157 cm³/mol. The van der Waals surface area contributed by atoms with Gasteiger partial charge in [0, 0.05) is 49.5 Å². The molecule has 5 aromatic rings. The van der Waals surface area contributed by atoms with Crippen molar-refractivity contribution in [3.05, 3.63) is 102 Å². The van der Waals surface area contributed by atoms with Crippen LogP contribution in [0.5, 0.6) is 11.5 Å². The molecule has 0 fully saturated rings. The van der Waals surface area contributed by atoms with Gasteiger partial charge < -0.3 is 24.9 Å². The summed E-state index contributed by atoms with van der Waals surface area (Å²) in [5.41, 5.74) is 3.70. The van der Waals surface area contributed by atoms with Gasteiger partial charge in [-0.15, -0.1) is 0 Å². The van der Waals surface area contributed by atoms with Crippen LogP contribution in [0.15, 0.2) is 95.9 Å². The maximum absolute atomic E-state index is 12.6. The van der Waals surface area contributed by atoms with Gasteiger partial charge >= 0.3 is 0 Å². The highest BCUT2D eigenvalue weighted by Crippen LogP contribution is 2.28. The molecule has 0 aliphatic heterocycles. The molecule has 40 heavy (non-hydrogen) atoms. The van der Waals surface area contributed by atoms with Crippen LogP contribution in [0, 0.1) is 0 Å². The molecule has 0 aliphatic carbocycles. The van der Waals surface area contributed by atoms with Crippen molar-refractivity contribution >= 4 is 31.8 Å². The van der Waals surface area contributed by atoms with Crippen LogP contribution in [0.4, 0.5) is 0 Å². The first kappa shape index (κ1) is 27.7. The summed E-state index contributed by atoms with van der Waals surface area (Å²) in [5.74, 6) is 1.07. The number of sulfonamides is 1. The fourth-order valence-corrected chi connectivity index (χ4v) is 5.58. The number of H-pyrrole nitrogens is 1. The van der Waals surface area contributed by atoms with Crippen molar-refractivity contribution in [1.82, 2.24) is 14.6 Å². The van der Waals surface area contributed by atoms with Crippen LogP contribution in [0.2, 0.25) is 0 Å². The number of ether oxygens (including phenoxy) is 2. The largest absolute Gasteiger partial charge is 0.492 e. The first-order chi connectivity index (χ1) is 19.3. The fraction of sp³-hybridized carbons (Fsp3) is 0.226. The molecule has 1 atom stereocenters. The maximum Gasteiger partial charge on any atom is 0.246 e. The quantitative estimate of drug-likeness (QED) is 0.189. The molecule has 0 amide bonds. The van der Waals surface area contributed by atoms with Gasteiger partial charge in [-0.3, -0.25) is 0 Å². The summed E-state index contributed by atoms with van der Waals surface area (Å²) in [4.78, 5) is 3.54. The first-order valence-corrected chi connectivity index (χ1v) is 14.5. The number of rotatable bonds is 12. The lowest BCUT2D eigenvalue weighted by atomic mass is 10.1. The van der Waals surface area contributed by atoms with Crippen LogP contribution in [0.25, 0.3) is 21.8 Å². The van der Waals surface area contributed by atoms with E-state index in [-0.39, 0.29) is 17.3 Å². The molecule has 0 saturated heterocycles. The van der Waals surface area contributed by atoms with Gasteiger partial charge in [-0.1, -0.05) is 48.5 Å². The second-order valence-electron chi connectivity index (χ2n) is 9.71. The third kappa shape index (κ3) is 6.13. The van der Waals surface area contributed by atoms with Gasteiger partial charge in [0.1, 0.15) is 29.6 Å². The molecule has 1 heterocycles. The lowest BCUT2D eigenvalue weighted by Crippen LogP contribution is -2.26. The van der Waals surface area contributed by atoms with Crippen molar-refractivity contribution in [1.29, 1.82) is 0 Å². The summed E-state index contributed by atoms with van der Waals surface area (Å²) in [6.45, 7) is 1.56. The summed E-state index contributed by atoms with van der Waals surface area (Å²) in [5, 5.41) is 16.3. The van der Waals surface area contributed by atoms with E-state index in [4.69, 9.17) is 9.47 Å². The van der Waals surface area contributed by atoms with E-state index in [0.717, 1.165) is 32.2 Å². The summed E-state index contributed by atoms with van der Waals surface area (Å²) in [7, 11) is -0.660. The monoisotopic (exact) mass is 559 g/mol. The number of nitrogens with one attached hydrogen (secondary N) is 2. The highest BCUT2D eigenvalue weighted by molar-refractivity contribution is 7.89. The van der Waals surface area contributed by atoms with E-state index in [1.165, 1.54) is 30.9 Å². The van der Waals surface area contributed by atoms with Gasteiger partial charge in [0.15, 0.2) is 0 Å². The van der Waals surface area contributed by atoms with Crippen LogP contribution in [-0.4, -0.2) is 56.6 Å². The van der Waals surface area contributed by atoms with Gasteiger partial charge in [0.2, 0.25) is 10.0 Å². The summed E-state index contributed by atoms with van der Waals surface area (Å²) < 4.78 is 38.2. The van der Waals surface area contributed by atoms with Crippen molar-refractivity contribution in [2.45, 2.75) is 17.6 Å². The number of aromatic amines is 1. The number of aromatic nitrogens is 1. The van der Waals surface area contributed by atoms with Crippen LogP contribution in [-0.2, 0) is 16.6 Å². The molecule has 4 aromatic carbocycles. The first-order valence-electron chi connectivity index (χ1n) is 13.1. The molecule has 0 aliphatic rings. The van der Waals surface area contributed by atoms with Crippen molar-refractivity contribution in [3.8, 4) is 11.5 Å². The van der Waals surface area contributed by atoms with E-state index in [0.29, 0.717) is 19.7 Å². The summed E-state index contributed by atoms with van der Waals surface area (Å²) in [6, 6.07) is 28.3. The molecule has 8 nitrogen and oxygen atoms in total. The number of hydrogen-bond donors (Lipinski definition) is 3. The Balaban J connectivity index is 1.11. The van der Waals surface area contributed by atoms with Crippen LogP contribution in [0.1, 0.15) is 17.2 Å². The highest BCUT2D eigenvalue weighted by Gasteiger charge is 2.22. The second-order valence-corrected chi connectivity index (χ2v) is 11.8. The third-order valence-electron chi connectivity index (χ3n) is 6.70. The minimum Gasteiger partial charge on any atom is -0.492 e. The number of nitrogens with zero attached hydrogens (tertiary/aromatic N) is 1. The Morgan fingerprint density at radius 2 is 1.65 bits per heavy atom. The molecule has 9 heteroatoms. The zero-order valence-electron chi connectivity index (χ0n) is 22.5. The molecule has 0 saturated carbocycles. The second kappa shape index (κ2) is 12.1. The van der Waals surface area contributed by atoms with Crippen LogP contribution < -0.4 is 14.8 Å². The van der Waals surface area contributed by atoms with Gasteiger partial charge in [-0.25, -0.2) is 12.7 Å². The third-order valence-corrected chi connectivity index (χ3v) is 8.56. The number of hydrogen-bond acceptors (Lipinski definition) is 6. The average Bonchev–Trinajstić information content (AvgIpc) is 3.34. The Labute approximate surface area is 234 Å². The van der Waals surface area contributed by atoms with Crippen molar-refractivity contribution in [2.24, 2.45) is 0 Å². The van der Waals surface area contributed by atoms with Crippen molar-refractivity contribution in [2.75, 3.05) is 33.8 Å². The van der Waals surface area contributed by atoms with Crippen molar-refractivity contribution < 1.29 is 23.0 Å². The minimum absolute atomic E-state index is 0.115. The topological polar surface area (TPSA) is 104 Å².